The van der Waals surface area contributed by atoms with Crippen LogP contribution in [-0.2, 0) is 6.54 Å². The Hall–Kier alpha value is -1.50. The summed E-state index contributed by atoms with van der Waals surface area (Å²) in [5.41, 5.74) is 3.35. The number of amides is 1. The summed E-state index contributed by atoms with van der Waals surface area (Å²) in [6, 6.07) is 6.05. The highest BCUT2D eigenvalue weighted by Crippen LogP contribution is 2.16. The average Bonchev–Trinajstić information content (AvgIpc) is 2.83. The number of hydrogen-bond acceptors (Lipinski definition) is 5. The van der Waals surface area contributed by atoms with E-state index in [9.17, 15) is 4.79 Å². The van der Waals surface area contributed by atoms with E-state index in [0.29, 0.717) is 11.7 Å². The lowest BCUT2D eigenvalue weighted by Crippen LogP contribution is -2.36. The number of nitrogens with zero attached hydrogens (tertiary/aromatic N) is 3. The molecule has 0 aliphatic carbocycles. The second kappa shape index (κ2) is 6.78. The summed E-state index contributed by atoms with van der Waals surface area (Å²) < 4.78 is 0. The Kier molecular flexibility index (Phi) is 5.05. The summed E-state index contributed by atoms with van der Waals surface area (Å²) in [5.74, 6) is 4.77. The molecule has 110 valence electrons. The second-order valence-corrected chi connectivity index (χ2v) is 5.46. The monoisotopic (exact) mass is 277 g/mol. The normalized spacial score (nSPS) is 19.5. The fourth-order valence-corrected chi connectivity index (χ4v) is 2.68. The van der Waals surface area contributed by atoms with Crippen LogP contribution in [0.4, 0.5) is 0 Å². The minimum absolute atomic E-state index is 0.356. The van der Waals surface area contributed by atoms with Gasteiger partial charge in [0, 0.05) is 19.1 Å². The molecule has 6 heteroatoms. The number of rotatable bonds is 5. The SMILES string of the molecule is CN(Cc1cccc(C(=O)NN)n1)CC1CCCN1C. The number of nitrogens with one attached hydrogen (secondary N) is 1. The third-order valence-electron chi connectivity index (χ3n) is 3.80. The largest absolute Gasteiger partial charge is 0.302 e. The van der Waals surface area contributed by atoms with Crippen LogP contribution in [0.2, 0.25) is 0 Å². The quantitative estimate of drug-likeness (QED) is 0.457. The van der Waals surface area contributed by atoms with Gasteiger partial charge in [-0.05, 0) is 45.6 Å². The fourth-order valence-electron chi connectivity index (χ4n) is 2.68. The van der Waals surface area contributed by atoms with Crippen molar-refractivity contribution in [1.82, 2.24) is 20.2 Å². The molecule has 3 N–H and O–H groups in total. The zero-order valence-electron chi connectivity index (χ0n) is 12.2. The van der Waals surface area contributed by atoms with Crippen LogP contribution in [0.3, 0.4) is 0 Å². The van der Waals surface area contributed by atoms with E-state index >= 15 is 0 Å². The molecule has 1 aliphatic heterocycles. The number of hydrazine groups is 1. The first-order valence-corrected chi connectivity index (χ1v) is 6.96. The zero-order valence-corrected chi connectivity index (χ0v) is 12.2. The van der Waals surface area contributed by atoms with Crippen molar-refractivity contribution in [3.63, 3.8) is 0 Å². The van der Waals surface area contributed by atoms with Crippen molar-refractivity contribution >= 4 is 5.91 Å². The highest BCUT2D eigenvalue weighted by Gasteiger charge is 2.22. The predicted molar refractivity (Wildman–Crippen MR) is 77.9 cm³/mol. The van der Waals surface area contributed by atoms with Crippen molar-refractivity contribution in [3.05, 3.63) is 29.6 Å². The highest BCUT2D eigenvalue weighted by atomic mass is 16.2. The average molecular weight is 277 g/mol. The van der Waals surface area contributed by atoms with Crippen LogP contribution >= 0.6 is 0 Å². The number of likely N-dealkylation sites (N-methyl/N-ethyl adjacent to an activating group) is 2. The third kappa shape index (κ3) is 3.75. The van der Waals surface area contributed by atoms with Gasteiger partial charge in [0.1, 0.15) is 5.69 Å². The van der Waals surface area contributed by atoms with Crippen molar-refractivity contribution in [2.24, 2.45) is 5.84 Å². The fraction of sp³-hybridized carbons (Fsp3) is 0.571. The molecular weight excluding hydrogens is 254 g/mol. The summed E-state index contributed by atoms with van der Waals surface area (Å²) in [4.78, 5) is 20.4. The second-order valence-electron chi connectivity index (χ2n) is 5.46. The summed E-state index contributed by atoms with van der Waals surface area (Å²) in [6.07, 6.45) is 2.53. The highest BCUT2D eigenvalue weighted by molar-refractivity contribution is 5.91. The maximum absolute atomic E-state index is 11.5. The standard InChI is InChI=1S/C14H23N5O/c1-18(10-12-6-4-8-19(12)2)9-11-5-3-7-13(16-11)14(20)17-15/h3,5,7,12H,4,6,8-10,15H2,1-2H3,(H,17,20). The molecule has 2 rings (SSSR count). The van der Waals surface area contributed by atoms with Crippen molar-refractivity contribution in [1.29, 1.82) is 0 Å². The van der Waals surface area contributed by atoms with Crippen LogP contribution in [-0.4, -0.2) is 53.9 Å². The molecule has 0 spiro atoms. The van der Waals surface area contributed by atoms with Gasteiger partial charge in [0.2, 0.25) is 0 Å². The topological polar surface area (TPSA) is 74.5 Å². The first-order valence-electron chi connectivity index (χ1n) is 6.96. The van der Waals surface area contributed by atoms with Gasteiger partial charge in [-0.3, -0.25) is 15.1 Å². The van der Waals surface area contributed by atoms with E-state index in [2.05, 4.69) is 34.3 Å². The Morgan fingerprint density at radius 1 is 1.60 bits per heavy atom. The lowest BCUT2D eigenvalue weighted by molar-refractivity contribution is 0.0948. The molecule has 1 saturated heterocycles. The van der Waals surface area contributed by atoms with Gasteiger partial charge in [-0.2, -0.15) is 0 Å². The Bertz CT molecular complexity index is 465. The molecule has 0 saturated carbocycles. The maximum Gasteiger partial charge on any atom is 0.283 e. The summed E-state index contributed by atoms with van der Waals surface area (Å²) >= 11 is 0. The van der Waals surface area contributed by atoms with Crippen molar-refractivity contribution < 1.29 is 4.79 Å². The molecule has 20 heavy (non-hydrogen) atoms. The number of aromatic nitrogens is 1. The number of pyridine rings is 1. The van der Waals surface area contributed by atoms with Crippen LogP contribution in [0, 0.1) is 0 Å². The number of nitrogens with two attached hydrogens (primary N) is 1. The van der Waals surface area contributed by atoms with E-state index in [0.717, 1.165) is 18.8 Å². The van der Waals surface area contributed by atoms with Gasteiger partial charge < -0.3 is 4.90 Å². The van der Waals surface area contributed by atoms with Crippen LogP contribution in [0.5, 0.6) is 0 Å². The molecule has 1 amide bonds. The number of carbonyl (C=O) groups is 1. The van der Waals surface area contributed by atoms with Crippen LogP contribution in [0.15, 0.2) is 18.2 Å². The molecule has 0 radical (unpaired) electrons. The molecule has 6 nitrogen and oxygen atoms in total. The van der Waals surface area contributed by atoms with E-state index in [1.807, 2.05) is 12.1 Å². The maximum atomic E-state index is 11.5. The predicted octanol–water partition coefficient (Wildman–Crippen LogP) is 0.211. The first-order chi connectivity index (χ1) is 9.60. The Morgan fingerprint density at radius 2 is 2.40 bits per heavy atom. The number of carbonyl (C=O) groups excluding carboxylic acids is 1. The van der Waals surface area contributed by atoms with Crippen LogP contribution < -0.4 is 11.3 Å². The molecule has 0 aromatic carbocycles. The minimum Gasteiger partial charge on any atom is -0.302 e. The zero-order chi connectivity index (χ0) is 14.5. The van der Waals surface area contributed by atoms with Gasteiger partial charge in [-0.25, -0.2) is 10.8 Å². The first kappa shape index (κ1) is 14.9. The van der Waals surface area contributed by atoms with Gasteiger partial charge in [0.15, 0.2) is 0 Å². The molecule has 1 aromatic rings. The molecular formula is C14H23N5O. The molecule has 1 atom stereocenters. The minimum atomic E-state index is -0.356. The van der Waals surface area contributed by atoms with Gasteiger partial charge in [-0.15, -0.1) is 0 Å². The van der Waals surface area contributed by atoms with Crippen molar-refractivity contribution in [2.75, 3.05) is 27.2 Å². The van der Waals surface area contributed by atoms with Crippen molar-refractivity contribution in [3.8, 4) is 0 Å². The van der Waals surface area contributed by atoms with E-state index in [4.69, 9.17) is 5.84 Å². The third-order valence-corrected chi connectivity index (χ3v) is 3.80. The number of likely N-dealkylation sites (tertiary alicyclic amines) is 1. The van der Waals surface area contributed by atoms with E-state index in [1.165, 1.54) is 19.4 Å². The van der Waals surface area contributed by atoms with E-state index in [1.54, 1.807) is 6.07 Å². The molecule has 2 heterocycles. The number of hydrogen-bond donors (Lipinski definition) is 2. The smallest absolute Gasteiger partial charge is 0.283 e. The Balaban J connectivity index is 1.93. The molecule has 1 unspecified atom stereocenters. The Labute approximate surface area is 119 Å². The van der Waals surface area contributed by atoms with Gasteiger partial charge >= 0.3 is 0 Å². The Morgan fingerprint density at radius 3 is 3.05 bits per heavy atom. The number of nitrogen functional groups attached to an aromatic ring is 1. The molecule has 1 aliphatic rings. The molecule has 0 bridgehead atoms. The van der Waals surface area contributed by atoms with E-state index < -0.39 is 0 Å². The van der Waals surface area contributed by atoms with E-state index in [-0.39, 0.29) is 5.91 Å². The lowest BCUT2D eigenvalue weighted by Gasteiger charge is -2.25. The summed E-state index contributed by atoms with van der Waals surface area (Å²) in [6.45, 7) is 2.93. The van der Waals surface area contributed by atoms with Crippen LogP contribution in [0.25, 0.3) is 0 Å². The molecule has 1 aromatic heterocycles. The van der Waals surface area contributed by atoms with Gasteiger partial charge in [0.25, 0.3) is 5.91 Å². The summed E-state index contributed by atoms with van der Waals surface area (Å²) in [5, 5.41) is 0. The van der Waals surface area contributed by atoms with Crippen LogP contribution in [0.1, 0.15) is 29.0 Å². The lowest BCUT2D eigenvalue weighted by atomic mass is 10.2. The van der Waals surface area contributed by atoms with Gasteiger partial charge in [0.05, 0.1) is 5.69 Å². The molecule has 1 fully saturated rings. The van der Waals surface area contributed by atoms with Gasteiger partial charge in [-0.1, -0.05) is 6.07 Å². The van der Waals surface area contributed by atoms with Crippen molar-refractivity contribution in [2.45, 2.75) is 25.4 Å². The summed E-state index contributed by atoms with van der Waals surface area (Å²) in [7, 11) is 4.26.